The Morgan fingerprint density at radius 2 is 1.95 bits per heavy atom. The van der Waals surface area contributed by atoms with E-state index in [4.69, 9.17) is 4.74 Å². The Labute approximate surface area is 123 Å². The average molecular weight is 283 g/mol. The van der Waals surface area contributed by atoms with Gasteiger partial charge in [-0.15, -0.1) is 0 Å². The van der Waals surface area contributed by atoms with E-state index in [1.165, 1.54) is 0 Å². The van der Waals surface area contributed by atoms with Crippen LogP contribution in [0.2, 0.25) is 0 Å². The van der Waals surface area contributed by atoms with Gasteiger partial charge in [-0.3, -0.25) is 9.59 Å². The average Bonchev–Trinajstić information content (AvgIpc) is 2.54. The zero-order valence-corrected chi connectivity index (χ0v) is 11.8. The Morgan fingerprint density at radius 3 is 2.62 bits per heavy atom. The molecule has 2 aromatic rings. The maximum absolute atomic E-state index is 12.2. The highest BCUT2D eigenvalue weighted by Gasteiger charge is 2.07. The Morgan fingerprint density at radius 1 is 1.19 bits per heavy atom. The molecule has 0 aliphatic heterocycles. The third kappa shape index (κ3) is 4.18. The van der Waals surface area contributed by atoms with Crippen molar-refractivity contribution >= 4 is 17.9 Å². The summed E-state index contributed by atoms with van der Waals surface area (Å²) in [6.45, 7) is 2.65. The number of benzene rings is 2. The second-order valence-electron chi connectivity index (χ2n) is 4.57. The fourth-order valence-corrected chi connectivity index (χ4v) is 1.80. The lowest BCUT2D eigenvalue weighted by Crippen LogP contribution is -2.12. The predicted octanol–water partition coefficient (Wildman–Crippen LogP) is 3.54. The highest BCUT2D eigenvalue weighted by molar-refractivity contribution is 6.04. The highest BCUT2D eigenvalue weighted by Crippen LogP contribution is 2.16. The van der Waals surface area contributed by atoms with Gasteiger partial charge in [0.15, 0.2) is 0 Å². The van der Waals surface area contributed by atoms with Gasteiger partial charge < -0.3 is 10.1 Å². The van der Waals surface area contributed by atoms with Crippen molar-refractivity contribution in [3.05, 3.63) is 59.7 Å². The van der Waals surface area contributed by atoms with Crippen molar-refractivity contribution in [2.45, 2.75) is 13.3 Å². The smallest absolute Gasteiger partial charge is 0.255 e. The molecule has 0 unspecified atom stereocenters. The molecule has 0 heterocycles. The first-order valence-corrected chi connectivity index (χ1v) is 6.82. The van der Waals surface area contributed by atoms with Gasteiger partial charge >= 0.3 is 0 Å². The number of hydrogen-bond donors (Lipinski definition) is 1. The molecule has 0 atom stereocenters. The maximum atomic E-state index is 12.2. The van der Waals surface area contributed by atoms with Crippen molar-refractivity contribution in [1.82, 2.24) is 0 Å². The van der Waals surface area contributed by atoms with E-state index in [0.29, 0.717) is 29.2 Å². The molecule has 0 spiro atoms. The van der Waals surface area contributed by atoms with Crippen LogP contribution in [0.1, 0.15) is 34.1 Å². The molecule has 0 bridgehead atoms. The molecule has 108 valence electrons. The van der Waals surface area contributed by atoms with Crippen molar-refractivity contribution in [1.29, 1.82) is 0 Å². The Hall–Kier alpha value is -2.62. The van der Waals surface area contributed by atoms with Crippen molar-refractivity contribution in [3.8, 4) is 5.75 Å². The highest BCUT2D eigenvalue weighted by atomic mass is 16.5. The molecule has 1 N–H and O–H groups in total. The van der Waals surface area contributed by atoms with Gasteiger partial charge in [-0.1, -0.05) is 13.0 Å². The van der Waals surface area contributed by atoms with Crippen LogP contribution in [0.3, 0.4) is 0 Å². The minimum Gasteiger partial charge on any atom is -0.494 e. The van der Waals surface area contributed by atoms with E-state index < -0.39 is 0 Å². The fraction of sp³-hybridized carbons (Fsp3) is 0.176. The van der Waals surface area contributed by atoms with Gasteiger partial charge in [0.2, 0.25) is 0 Å². The van der Waals surface area contributed by atoms with E-state index in [-0.39, 0.29) is 5.91 Å². The lowest BCUT2D eigenvalue weighted by Gasteiger charge is -2.08. The molecule has 0 aliphatic rings. The van der Waals surface area contributed by atoms with E-state index in [9.17, 15) is 9.59 Å². The quantitative estimate of drug-likeness (QED) is 0.825. The number of carbonyl (C=O) groups is 2. The van der Waals surface area contributed by atoms with Crippen LogP contribution in [0.15, 0.2) is 48.5 Å². The molecule has 0 saturated carbocycles. The number of ether oxygens (including phenoxy) is 1. The predicted molar refractivity (Wildman–Crippen MR) is 82.0 cm³/mol. The fourth-order valence-electron chi connectivity index (χ4n) is 1.80. The normalized spacial score (nSPS) is 9.95. The minimum atomic E-state index is -0.212. The summed E-state index contributed by atoms with van der Waals surface area (Å²) in [6, 6.07) is 13.8. The first-order chi connectivity index (χ1) is 10.2. The summed E-state index contributed by atoms with van der Waals surface area (Å²) in [5, 5.41) is 2.78. The molecule has 0 radical (unpaired) electrons. The second kappa shape index (κ2) is 7.24. The molecule has 0 saturated heterocycles. The molecule has 2 aromatic carbocycles. The van der Waals surface area contributed by atoms with Crippen LogP contribution >= 0.6 is 0 Å². The lowest BCUT2D eigenvalue weighted by molar-refractivity contribution is 0.102. The van der Waals surface area contributed by atoms with Gasteiger partial charge in [-0.2, -0.15) is 0 Å². The SMILES string of the molecule is CCCOc1cccc(C(=O)Nc2ccc(C=O)cc2)c1. The largest absolute Gasteiger partial charge is 0.494 e. The van der Waals surface area contributed by atoms with Gasteiger partial charge in [0.25, 0.3) is 5.91 Å². The second-order valence-corrected chi connectivity index (χ2v) is 4.57. The molecule has 4 nitrogen and oxygen atoms in total. The summed E-state index contributed by atoms with van der Waals surface area (Å²) in [6.07, 6.45) is 1.68. The van der Waals surface area contributed by atoms with Crippen LogP contribution in [0.25, 0.3) is 0 Å². The third-order valence-corrected chi connectivity index (χ3v) is 2.87. The van der Waals surface area contributed by atoms with E-state index in [1.54, 1.807) is 42.5 Å². The van der Waals surface area contributed by atoms with E-state index in [1.807, 2.05) is 13.0 Å². The molecule has 0 aromatic heterocycles. The van der Waals surface area contributed by atoms with Crippen molar-refractivity contribution in [3.63, 3.8) is 0 Å². The first kappa shape index (κ1) is 14.8. The van der Waals surface area contributed by atoms with E-state index in [0.717, 1.165) is 12.7 Å². The number of carbonyl (C=O) groups excluding carboxylic acids is 2. The van der Waals surface area contributed by atoms with Crippen LogP contribution < -0.4 is 10.1 Å². The van der Waals surface area contributed by atoms with Gasteiger partial charge in [0.1, 0.15) is 12.0 Å². The molecule has 0 fully saturated rings. The standard InChI is InChI=1S/C17H17NO3/c1-2-10-21-16-5-3-4-14(11-16)17(20)18-15-8-6-13(12-19)7-9-15/h3-9,11-12H,2,10H2,1H3,(H,18,20). The molecule has 0 aliphatic carbocycles. The number of hydrogen-bond acceptors (Lipinski definition) is 3. The van der Waals surface area contributed by atoms with Crippen LogP contribution in [0.5, 0.6) is 5.75 Å². The van der Waals surface area contributed by atoms with Crippen LogP contribution in [-0.4, -0.2) is 18.8 Å². The van der Waals surface area contributed by atoms with Crippen LogP contribution in [-0.2, 0) is 0 Å². The van der Waals surface area contributed by atoms with E-state index in [2.05, 4.69) is 5.32 Å². The number of rotatable bonds is 6. The Bertz CT molecular complexity index is 620. The van der Waals surface area contributed by atoms with Gasteiger partial charge in [-0.25, -0.2) is 0 Å². The summed E-state index contributed by atoms with van der Waals surface area (Å²) < 4.78 is 5.51. The first-order valence-electron chi connectivity index (χ1n) is 6.82. The molecule has 21 heavy (non-hydrogen) atoms. The van der Waals surface area contributed by atoms with Gasteiger partial charge in [0, 0.05) is 16.8 Å². The zero-order chi connectivity index (χ0) is 15.1. The number of aldehydes is 1. The van der Waals surface area contributed by atoms with Crippen LogP contribution in [0.4, 0.5) is 5.69 Å². The number of nitrogens with one attached hydrogen (secondary N) is 1. The molecule has 2 rings (SSSR count). The maximum Gasteiger partial charge on any atom is 0.255 e. The molecular weight excluding hydrogens is 266 g/mol. The van der Waals surface area contributed by atoms with Crippen molar-refractivity contribution in [2.75, 3.05) is 11.9 Å². The molecule has 1 amide bonds. The summed E-state index contributed by atoms with van der Waals surface area (Å²) >= 11 is 0. The zero-order valence-electron chi connectivity index (χ0n) is 11.8. The summed E-state index contributed by atoms with van der Waals surface area (Å²) in [7, 11) is 0. The number of amides is 1. The minimum absolute atomic E-state index is 0.212. The van der Waals surface area contributed by atoms with Crippen LogP contribution in [0, 0.1) is 0 Å². The van der Waals surface area contributed by atoms with E-state index >= 15 is 0 Å². The Kier molecular flexibility index (Phi) is 5.10. The van der Waals surface area contributed by atoms with Crippen molar-refractivity contribution < 1.29 is 14.3 Å². The monoisotopic (exact) mass is 283 g/mol. The topological polar surface area (TPSA) is 55.4 Å². The summed E-state index contributed by atoms with van der Waals surface area (Å²) in [5.41, 5.74) is 1.75. The lowest BCUT2D eigenvalue weighted by atomic mass is 10.2. The van der Waals surface area contributed by atoms with Gasteiger partial charge in [0.05, 0.1) is 6.61 Å². The molecule has 4 heteroatoms. The molecular formula is C17H17NO3. The Balaban J connectivity index is 2.06. The third-order valence-electron chi connectivity index (χ3n) is 2.87. The van der Waals surface area contributed by atoms with Gasteiger partial charge in [-0.05, 0) is 48.9 Å². The summed E-state index contributed by atoms with van der Waals surface area (Å²) in [4.78, 5) is 22.7. The summed E-state index contributed by atoms with van der Waals surface area (Å²) in [5.74, 6) is 0.469. The number of anilines is 1. The van der Waals surface area contributed by atoms with Crippen molar-refractivity contribution in [2.24, 2.45) is 0 Å².